The molecule has 0 unspecified atom stereocenters. The summed E-state index contributed by atoms with van der Waals surface area (Å²) >= 11 is 0. The number of hydrogen-bond donors (Lipinski definition) is 2. The first kappa shape index (κ1) is 16.7. The van der Waals surface area contributed by atoms with Crippen LogP contribution < -0.4 is 5.32 Å². The highest BCUT2D eigenvalue weighted by Gasteiger charge is 2.06. The normalized spacial score (nSPS) is 11.0. The molecule has 21 heavy (non-hydrogen) atoms. The second-order valence-electron chi connectivity index (χ2n) is 3.87. The fourth-order valence-electron chi connectivity index (χ4n) is 1.31. The molecule has 1 heterocycles. The Kier molecular flexibility index (Phi) is 6.96. The Morgan fingerprint density at radius 3 is 2.76 bits per heavy atom. The second kappa shape index (κ2) is 8.75. The summed E-state index contributed by atoms with van der Waals surface area (Å²) in [6, 6.07) is 2.96. The minimum Gasteiger partial charge on any atom is -0.478 e. The molecule has 0 bridgehead atoms. The van der Waals surface area contributed by atoms with Gasteiger partial charge in [-0.1, -0.05) is 6.07 Å². The number of nitrogens with zero attached hydrogens (tertiary/aromatic N) is 1. The van der Waals surface area contributed by atoms with Crippen molar-refractivity contribution in [2.45, 2.75) is 6.43 Å². The van der Waals surface area contributed by atoms with E-state index in [0.717, 1.165) is 6.08 Å². The molecule has 0 aliphatic heterocycles. The first-order chi connectivity index (χ1) is 9.99. The molecule has 0 aliphatic rings. The topological polar surface area (TPSA) is 88.5 Å². The van der Waals surface area contributed by atoms with Crippen molar-refractivity contribution in [2.75, 3.05) is 19.8 Å². The van der Waals surface area contributed by atoms with Gasteiger partial charge in [0.15, 0.2) is 0 Å². The number of amides is 1. The van der Waals surface area contributed by atoms with Crippen LogP contribution in [-0.2, 0) is 9.53 Å². The summed E-state index contributed by atoms with van der Waals surface area (Å²) in [6.07, 6.45) is 1.11. The molecular formula is C13H14F2N2O4. The smallest absolute Gasteiger partial charge is 0.328 e. The van der Waals surface area contributed by atoms with Gasteiger partial charge in [-0.05, 0) is 17.7 Å². The van der Waals surface area contributed by atoms with Crippen molar-refractivity contribution in [3.8, 4) is 0 Å². The Labute approximate surface area is 119 Å². The van der Waals surface area contributed by atoms with Gasteiger partial charge >= 0.3 is 5.97 Å². The molecule has 2 N–H and O–H groups in total. The number of carboxylic acid groups (broad SMARTS) is 1. The molecule has 0 atom stereocenters. The Balaban J connectivity index is 2.39. The average Bonchev–Trinajstić information content (AvgIpc) is 2.44. The molecule has 1 aromatic heterocycles. The maximum atomic E-state index is 11.8. The van der Waals surface area contributed by atoms with Gasteiger partial charge in [0.1, 0.15) is 12.3 Å². The van der Waals surface area contributed by atoms with Crippen LogP contribution >= 0.6 is 0 Å². The highest BCUT2D eigenvalue weighted by Crippen LogP contribution is 2.02. The van der Waals surface area contributed by atoms with Gasteiger partial charge in [-0.25, -0.2) is 13.6 Å². The van der Waals surface area contributed by atoms with E-state index < -0.39 is 24.9 Å². The molecule has 1 aromatic rings. The van der Waals surface area contributed by atoms with Crippen molar-refractivity contribution in [2.24, 2.45) is 0 Å². The largest absolute Gasteiger partial charge is 0.478 e. The Bertz CT molecular complexity index is 503. The van der Waals surface area contributed by atoms with Crippen molar-refractivity contribution in [1.82, 2.24) is 10.3 Å². The van der Waals surface area contributed by atoms with Crippen LogP contribution in [0, 0.1) is 0 Å². The van der Waals surface area contributed by atoms with E-state index in [-0.39, 0.29) is 18.8 Å². The fraction of sp³-hybridized carbons (Fsp3) is 0.308. The van der Waals surface area contributed by atoms with Crippen molar-refractivity contribution in [3.05, 3.63) is 35.7 Å². The van der Waals surface area contributed by atoms with Gasteiger partial charge in [-0.15, -0.1) is 0 Å². The number of hydrogen-bond acceptors (Lipinski definition) is 4. The maximum absolute atomic E-state index is 11.8. The molecule has 0 saturated heterocycles. The summed E-state index contributed by atoms with van der Waals surface area (Å²) in [5.41, 5.74) is 0.672. The number of aromatic nitrogens is 1. The molecule has 1 amide bonds. The number of carbonyl (C=O) groups is 2. The van der Waals surface area contributed by atoms with Gasteiger partial charge in [0.2, 0.25) is 0 Å². The van der Waals surface area contributed by atoms with Crippen LogP contribution in [0.25, 0.3) is 6.08 Å². The molecule has 0 fully saturated rings. The van der Waals surface area contributed by atoms with Crippen molar-refractivity contribution in [1.29, 1.82) is 0 Å². The standard InChI is InChI=1S/C13H14F2N2O4/c14-11(15)8-21-6-5-16-13(20)10-3-1-9(7-17-10)2-4-12(18)19/h1-4,7,11H,5-6,8H2,(H,16,20)(H,18,19)/b4-2+. The quantitative estimate of drug-likeness (QED) is 0.556. The third kappa shape index (κ3) is 7.11. The summed E-state index contributed by atoms with van der Waals surface area (Å²) in [5, 5.41) is 10.9. The predicted molar refractivity (Wildman–Crippen MR) is 70.1 cm³/mol. The lowest BCUT2D eigenvalue weighted by molar-refractivity contribution is -0.131. The summed E-state index contributed by atoms with van der Waals surface area (Å²) in [7, 11) is 0. The molecule has 8 heteroatoms. The highest BCUT2D eigenvalue weighted by atomic mass is 19.3. The molecule has 0 spiro atoms. The number of carboxylic acids is 1. The number of halogens is 2. The Morgan fingerprint density at radius 1 is 1.43 bits per heavy atom. The van der Waals surface area contributed by atoms with E-state index in [1.54, 1.807) is 0 Å². The number of aliphatic carboxylic acids is 1. The number of nitrogens with one attached hydrogen (secondary N) is 1. The molecule has 6 nitrogen and oxygen atoms in total. The second-order valence-corrected chi connectivity index (χ2v) is 3.87. The molecular weight excluding hydrogens is 286 g/mol. The lowest BCUT2D eigenvalue weighted by atomic mass is 10.2. The van der Waals surface area contributed by atoms with Crippen LogP contribution in [0.1, 0.15) is 16.1 Å². The Hall–Kier alpha value is -2.35. The van der Waals surface area contributed by atoms with E-state index in [1.165, 1.54) is 24.4 Å². The zero-order chi connectivity index (χ0) is 15.7. The number of pyridine rings is 1. The third-order valence-electron chi connectivity index (χ3n) is 2.21. The van der Waals surface area contributed by atoms with Gasteiger partial charge < -0.3 is 15.2 Å². The zero-order valence-electron chi connectivity index (χ0n) is 11.0. The van der Waals surface area contributed by atoms with Crippen LogP contribution in [0.5, 0.6) is 0 Å². The molecule has 0 saturated carbocycles. The van der Waals surface area contributed by atoms with Crippen LogP contribution in [-0.4, -0.2) is 48.2 Å². The van der Waals surface area contributed by atoms with Crippen LogP contribution in [0.4, 0.5) is 8.78 Å². The van der Waals surface area contributed by atoms with E-state index in [2.05, 4.69) is 15.0 Å². The third-order valence-corrected chi connectivity index (χ3v) is 2.21. The summed E-state index contributed by atoms with van der Waals surface area (Å²) in [4.78, 5) is 25.8. The monoisotopic (exact) mass is 300 g/mol. The molecule has 114 valence electrons. The summed E-state index contributed by atoms with van der Waals surface area (Å²) < 4.78 is 28.1. The van der Waals surface area contributed by atoms with Gasteiger partial charge in [-0.3, -0.25) is 9.78 Å². The molecule has 0 aliphatic carbocycles. The summed E-state index contributed by atoms with van der Waals surface area (Å²) in [6.45, 7) is -0.595. The van der Waals surface area contributed by atoms with E-state index >= 15 is 0 Å². The number of ether oxygens (including phenoxy) is 1. The number of rotatable bonds is 8. The highest BCUT2D eigenvalue weighted by molar-refractivity contribution is 5.92. The van der Waals surface area contributed by atoms with Gasteiger partial charge in [0, 0.05) is 18.8 Å². The zero-order valence-corrected chi connectivity index (χ0v) is 11.0. The van der Waals surface area contributed by atoms with Gasteiger partial charge in [-0.2, -0.15) is 0 Å². The van der Waals surface area contributed by atoms with E-state index in [9.17, 15) is 18.4 Å². The van der Waals surface area contributed by atoms with Crippen LogP contribution in [0.3, 0.4) is 0 Å². The van der Waals surface area contributed by atoms with Crippen LogP contribution in [0.15, 0.2) is 24.4 Å². The molecule has 0 radical (unpaired) electrons. The average molecular weight is 300 g/mol. The van der Waals surface area contributed by atoms with Gasteiger partial charge in [0.25, 0.3) is 12.3 Å². The lowest BCUT2D eigenvalue weighted by Crippen LogP contribution is -2.28. The predicted octanol–water partition coefficient (Wildman–Crippen LogP) is 1.19. The van der Waals surface area contributed by atoms with Gasteiger partial charge in [0.05, 0.1) is 6.61 Å². The minimum absolute atomic E-state index is 0.0183. The molecule has 1 rings (SSSR count). The number of alkyl halides is 2. The van der Waals surface area contributed by atoms with Crippen molar-refractivity contribution < 1.29 is 28.2 Å². The first-order valence-electron chi connectivity index (χ1n) is 6.00. The lowest BCUT2D eigenvalue weighted by Gasteiger charge is -2.05. The first-order valence-corrected chi connectivity index (χ1v) is 6.00. The van der Waals surface area contributed by atoms with Crippen molar-refractivity contribution >= 4 is 18.0 Å². The maximum Gasteiger partial charge on any atom is 0.328 e. The molecule has 0 aromatic carbocycles. The SMILES string of the molecule is O=C(O)/C=C/c1ccc(C(=O)NCCOCC(F)F)nc1. The van der Waals surface area contributed by atoms with E-state index in [4.69, 9.17) is 5.11 Å². The van der Waals surface area contributed by atoms with Crippen molar-refractivity contribution in [3.63, 3.8) is 0 Å². The number of carbonyl (C=O) groups excluding carboxylic acids is 1. The summed E-state index contributed by atoms with van der Waals surface area (Å²) in [5.74, 6) is -1.55. The minimum atomic E-state index is -2.53. The fourth-order valence-corrected chi connectivity index (χ4v) is 1.31. The van der Waals surface area contributed by atoms with E-state index in [1.807, 2.05) is 0 Å². The van der Waals surface area contributed by atoms with E-state index in [0.29, 0.717) is 5.56 Å². The Morgan fingerprint density at radius 2 is 2.19 bits per heavy atom. The van der Waals surface area contributed by atoms with Crippen LogP contribution in [0.2, 0.25) is 0 Å².